The van der Waals surface area contributed by atoms with Crippen LogP contribution in [0.5, 0.6) is 0 Å². The molecule has 1 aliphatic rings. The minimum atomic E-state index is -5.05. The van der Waals surface area contributed by atoms with E-state index in [0.29, 0.717) is 0 Å². The Morgan fingerprint density at radius 3 is 2.11 bits per heavy atom. The van der Waals surface area contributed by atoms with Crippen LogP contribution in [0.25, 0.3) is 0 Å². The van der Waals surface area contributed by atoms with Crippen molar-refractivity contribution in [1.29, 1.82) is 0 Å². The summed E-state index contributed by atoms with van der Waals surface area (Å²) in [4.78, 5) is 22.0. The molecule has 1 amide bonds. The first-order valence-electron chi connectivity index (χ1n) is 5.98. The van der Waals surface area contributed by atoms with Gasteiger partial charge in [-0.1, -0.05) is 25.7 Å². The molecule has 19 heavy (non-hydrogen) atoms. The van der Waals surface area contributed by atoms with Crippen molar-refractivity contribution >= 4 is 20.0 Å². The Balaban J connectivity index is 2.68. The topological polar surface area (TPSA) is 66.4 Å². The molecule has 1 saturated carbocycles. The summed E-state index contributed by atoms with van der Waals surface area (Å²) in [5.41, 5.74) is -1.74. The van der Waals surface area contributed by atoms with Crippen LogP contribution in [0, 0.1) is 5.92 Å². The van der Waals surface area contributed by atoms with Gasteiger partial charge in [0.15, 0.2) is 0 Å². The number of alkyl halides is 3. The van der Waals surface area contributed by atoms with Gasteiger partial charge in [-0.05, 0) is 18.8 Å². The number of carboxylic acids is 1. The molecule has 0 aromatic heterocycles. The van der Waals surface area contributed by atoms with E-state index in [4.69, 9.17) is 5.11 Å². The molecule has 0 bridgehead atoms. The van der Waals surface area contributed by atoms with Crippen molar-refractivity contribution in [3.8, 4) is 0 Å². The van der Waals surface area contributed by atoms with E-state index in [2.05, 4.69) is 19.6 Å². The van der Waals surface area contributed by atoms with Crippen LogP contribution in [-0.2, 0) is 9.59 Å². The number of halogens is 3. The molecule has 2 N–H and O–H groups in total. The Hall–Kier alpha value is -1.05. The molecule has 1 rings (SSSR count). The first-order chi connectivity index (χ1) is 8.36. The Kier molecular flexibility index (Phi) is 4.05. The van der Waals surface area contributed by atoms with Crippen molar-refractivity contribution in [2.45, 2.75) is 50.2 Å². The second kappa shape index (κ2) is 4.81. The highest BCUT2D eigenvalue weighted by Crippen LogP contribution is 2.43. The SMILES string of the molecule is C[Si](C)(C)CC1CC(NC(=O)C(F)(F)F)(C(=O)O)C1. The fourth-order valence-corrected chi connectivity index (χ4v) is 4.58. The van der Waals surface area contributed by atoms with Gasteiger partial charge >= 0.3 is 18.1 Å². The minimum absolute atomic E-state index is 0.0778. The third kappa shape index (κ3) is 3.95. The van der Waals surface area contributed by atoms with Crippen LogP contribution in [0.2, 0.25) is 25.7 Å². The summed E-state index contributed by atoms with van der Waals surface area (Å²) in [5.74, 6) is -3.49. The highest BCUT2D eigenvalue weighted by Gasteiger charge is 2.55. The number of carboxylic acid groups (broad SMARTS) is 1. The molecule has 4 nitrogen and oxygen atoms in total. The molecule has 0 unspecified atom stereocenters. The number of amides is 1. The highest BCUT2D eigenvalue weighted by molar-refractivity contribution is 6.76. The van der Waals surface area contributed by atoms with Gasteiger partial charge in [0.2, 0.25) is 0 Å². The number of rotatable bonds is 4. The monoisotopic (exact) mass is 297 g/mol. The van der Waals surface area contributed by atoms with E-state index in [9.17, 15) is 22.8 Å². The maximum Gasteiger partial charge on any atom is 0.471 e. The first-order valence-corrected chi connectivity index (χ1v) is 9.69. The zero-order chi connectivity index (χ0) is 15.1. The molecular formula is C11H18F3NO3Si. The Labute approximate surface area is 110 Å². The van der Waals surface area contributed by atoms with E-state index in [1.165, 1.54) is 0 Å². The summed E-state index contributed by atoms with van der Waals surface area (Å²) in [6.45, 7) is 6.34. The van der Waals surface area contributed by atoms with Crippen LogP contribution in [0.1, 0.15) is 12.8 Å². The number of hydrogen-bond acceptors (Lipinski definition) is 2. The lowest BCUT2D eigenvalue weighted by atomic mass is 9.69. The summed E-state index contributed by atoms with van der Waals surface area (Å²) in [6.07, 6.45) is -4.89. The van der Waals surface area contributed by atoms with Gasteiger partial charge in [-0.2, -0.15) is 13.2 Å². The summed E-state index contributed by atoms with van der Waals surface area (Å²) in [6, 6.07) is 0.851. The van der Waals surface area contributed by atoms with E-state index in [1.54, 1.807) is 5.32 Å². The third-order valence-corrected chi connectivity index (χ3v) is 5.00. The van der Waals surface area contributed by atoms with Gasteiger partial charge < -0.3 is 10.4 Å². The second-order valence-electron chi connectivity index (χ2n) is 6.38. The summed E-state index contributed by atoms with van der Waals surface area (Å²) >= 11 is 0. The van der Waals surface area contributed by atoms with Crippen molar-refractivity contribution in [1.82, 2.24) is 5.32 Å². The van der Waals surface area contributed by atoms with Gasteiger partial charge in [0.05, 0.1) is 0 Å². The number of carbonyl (C=O) groups excluding carboxylic acids is 1. The molecular weight excluding hydrogens is 279 g/mol. The van der Waals surface area contributed by atoms with Gasteiger partial charge in [-0.25, -0.2) is 4.79 Å². The van der Waals surface area contributed by atoms with Gasteiger partial charge in [0.25, 0.3) is 0 Å². The van der Waals surface area contributed by atoms with Gasteiger partial charge in [-0.15, -0.1) is 0 Å². The summed E-state index contributed by atoms with van der Waals surface area (Å²) in [7, 11) is -1.39. The predicted octanol–water partition coefficient (Wildman–Crippen LogP) is 2.24. The zero-order valence-corrected chi connectivity index (χ0v) is 12.1. The molecule has 0 aromatic rings. The molecule has 110 valence electrons. The lowest BCUT2D eigenvalue weighted by molar-refractivity contribution is -0.180. The van der Waals surface area contributed by atoms with Crippen molar-refractivity contribution in [2.24, 2.45) is 5.92 Å². The Bertz CT molecular complexity index is 384. The predicted molar refractivity (Wildman–Crippen MR) is 65.4 cm³/mol. The molecule has 0 spiro atoms. The smallest absolute Gasteiger partial charge is 0.471 e. The molecule has 0 saturated heterocycles. The summed E-state index contributed by atoms with van der Waals surface area (Å²) < 4.78 is 36.5. The van der Waals surface area contributed by atoms with Gasteiger partial charge in [-0.3, -0.25) is 4.79 Å². The van der Waals surface area contributed by atoms with Gasteiger partial charge in [0, 0.05) is 8.07 Å². The van der Waals surface area contributed by atoms with Crippen molar-refractivity contribution in [3.05, 3.63) is 0 Å². The maximum atomic E-state index is 12.2. The normalized spacial score (nSPS) is 27.6. The van der Waals surface area contributed by atoms with Crippen LogP contribution in [0.4, 0.5) is 13.2 Å². The molecule has 1 fully saturated rings. The van der Waals surface area contributed by atoms with E-state index in [-0.39, 0.29) is 18.8 Å². The fraction of sp³-hybridized carbons (Fsp3) is 0.818. The zero-order valence-electron chi connectivity index (χ0n) is 11.1. The molecule has 0 aliphatic heterocycles. The van der Waals surface area contributed by atoms with Crippen LogP contribution in [0.15, 0.2) is 0 Å². The lowest BCUT2D eigenvalue weighted by Crippen LogP contribution is -2.64. The van der Waals surface area contributed by atoms with Crippen LogP contribution >= 0.6 is 0 Å². The summed E-state index contributed by atoms with van der Waals surface area (Å²) in [5, 5.41) is 10.7. The average molecular weight is 297 g/mol. The molecule has 0 heterocycles. The molecule has 0 atom stereocenters. The quantitative estimate of drug-likeness (QED) is 0.782. The number of nitrogens with one attached hydrogen (secondary N) is 1. The van der Waals surface area contributed by atoms with E-state index in [0.717, 1.165) is 6.04 Å². The number of carbonyl (C=O) groups is 2. The molecule has 0 radical (unpaired) electrons. The van der Waals surface area contributed by atoms with Crippen molar-refractivity contribution in [3.63, 3.8) is 0 Å². The van der Waals surface area contributed by atoms with Crippen LogP contribution in [0.3, 0.4) is 0 Å². The molecule has 8 heteroatoms. The lowest BCUT2D eigenvalue weighted by Gasteiger charge is -2.46. The highest BCUT2D eigenvalue weighted by atomic mass is 28.3. The largest absolute Gasteiger partial charge is 0.480 e. The first kappa shape index (κ1) is 16.0. The van der Waals surface area contributed by atoms with Crippen molar-refractivity contribution < 1.29 is 27.9 Å². The minimum Gasteiger partial charge on any atom is -0.480 e. The van der Waals surface area contributed by atoms with E-state index >= 15 is 0 Å². The Morgan fingerprint density at radius 1 is 1.32 bits per heavy atom. The van der Waals surface area contributed by atoms with E-state index in [1.807, 2.05) is 0 Å². The second-order valence-corrected chi connectivity index (χ2v) is 11.9. The number of hydrogen-bond donors (Lipinski definition) is 2. The van der Waals surface area contributed by atoms with E-state index < -0.39 is 31.7 Å². The van der Waals surface area contributed by atoms with Gasteiger partial charge in [0.1, 0.15) is 5.54 Å². The maximum absolute atomic E-state index is 12.2. The Morgan fingerprint density at radius 2 is 1.79 bits per heavy atom. The molecule has 1 aliphatic carbocycles. The third-order valence-electron chi connectivity index (χ3n) is 3.19. The number of aliphatic carboxylic acids is 1. The van der Waals surface area contributed by atoms with Crippen LogP contribution in [-0.4, -0.2) is 36.8 Å². The molecule has 0 aromatic carbocycles. The standard InChI is InChI=1S/C11H18F3NO3Si/c1-19(2,3)6-7-4-10(5-7,9(17)18)15-8(16)11(12,13)14/h7H,4-6H2,1-3H3,(H,15,16)(H,17,18). The van der Waals surface area contributed by atoms with Crippen molar-refractivity contribution in [2.75, 3.05) is 0 Å². The average Bonchev–Trinajstić information content (AvgIpc) is 2.09. The fourth-order valence-electron chi connectivity index (χ4n) is 2.55. The van der Waals surface area contributed by atoms with Crippen LogP contribution < -0.4 is 5.32 Å².